The molecule has 0 saturated heterocycles. The normalized spacial score (nSPS) is 10.9. The summed E-state index contributed by atoms with van der Waals surface area (Å²) in [6.07, 6.45) is 5.36. The van der Waals surface area contributed by atoms with Crippen molar-refractivity contribution in [3.05, 3.63) is 144 Å². The third-order valence-electron chi connectivity index (χ3n) is 7.51. The number of hydrogen-bond donors (Lipinski definition) is 2. The van der Waals surface area contributed by atoms with E-state index in [9.17, 15) is 9.90 Å². The van der Waals surface area contributed by atoms with Crippen molar-refractivity contribution in [2.75, 3.05) is 5.32 Å². The quantitative estimate of drug-likeness (QED) is 0.173. The Bertz CT molecular complexity index is 2220. The van der Waals surface area contributed by atoms with Gasteiger partial charge in [-0.15, -0.1) is 5.10 Å². The minimum Gasteiger partial charge on any atom is -0.487 e. The maximum Gasteiger partial charge on any atom is 0.335 e. The minimum atomic E-state index is -0.972. The first-order chi connectivity index (χ1) is 23.0. The van der Waals surface area contributed by atoms with Crippen LogP contribution in [0.25, 0.3) is 28.2 Å². The Morgan fingerprint density at radius 2 is 1.70 bits per heavy atom. The van der Waals surface area contributed by atoms with Gasteiger partial charge in [0.15, 0.2) is 0 Å². The second-order valence-corrected chi connectivity index (χ2v) is 10.7. The summed E-state index contributed by atoms with van der Waals surface area (Å²) in [6.45, 7) is 0.817. The van der Waals surface area contributed by atoms with E-state index in [2.05, 4.69) is 26.7 Å². The van der Waals surface area contributed by atoms with E-state index in [1.165, 1.54) is 0 Å². The molecule has 4 heterocycles. The standard InChI is InChI=1S/C36H26N8O3/c37-19-25-6-17-32(38-20-25)26-7-4-24(5-8-26)21-43-22-30(41-42-43)23-47-31-15-11-27(12-16-31)34-35(44-18-2-1-3-33(44)40-34)39-29-13-9-28(10-14-29)36(45)46/h1-18,20,22,39H,21,23H2,(H,45,46). The summed E-state index contributed by atoms with van der Waals surface area (Å²) < 4.78 is 9.73. The number of hydrogen-bond acceptors (Lipinski definition) is 8. The summed E-state index contributed by atoms with van der Waals surface area (Å²) in [5.41, 5.74) is 7.44. The largest absolute Gasteiger partial charge is 0.487 e. The highest BCUT2D eigenvalue weighted by Gasteiger charge is 2.15. The van der Waals surface area contributed by atoms with Crippen molar-refractivity contribution in [2.45, 2.75) is 13.2 Å². The molecule has 47 heavy (non-hydrogen) atoms. The van der Waals surface area contributed by atoms with Crippen LogP contribution in [-0.4, -0.2) is 40.4 Å². The van der Waals surface area contributed by atoms with Gasteiger partial charge >= 0.3 is 5.97 Å². The molecular weight excluding hydrogens is 592 g/mol. The van der Waals surface area contributed by atoms with Crippen LogP contribution in [0.2, 0.25) is 0 Å². The zero-order valence-corrected chi connectivity index (χ0v) is 24.9. The number of carbonyl (C=O) groups is 1. The van der Waals surface area contributed by atoms with Gasteiger partial charge in [0.05, 0.1) is 29.6 Å². The van der Waals surface area contributed by atoms with Gasteiger partial charge in [-0.2, -0.15) is 5.26 Å². The van der Waals surface area contributed by atoms with Crippen LogP contribution in [0.4, 0.5) is 11.5 Å². The molecule has 3 aromatic carbocycles. The first kappa shape index (κ1) is 28.9. The predicted molar refractivity (Wildman–Crippen MR) is 175 cm³/mol. The SMILES string of the molecule is N#Cc1ccc(-c2ccc(Cn3cc(COc4ccc(-c5nc6ccccn6c5Nc5ccc(C(=O)O)cc5)cc4)nn3)cc2)nc1. The van der Waals surface area contributed by atoms with Gasteiger partial charge in [-0.25, -0.2) is 14.5 Å². The predicted octanol–water partition coefficient (Wildman–Crippen LogP) is 6.60. The van der Waals surface area contributed by atoms with E-state index in [0.29, 0.717) is 23.6 Å². The number of nitriles is 1. The fourth-order valence-electron chi connectivity index (χ4n) is 5.10. The van der Waals surface area contributed by atoms with Crippen molar-refractivity contribution >= 4 is 23.1 Å². The number of aromatic nitrogens is 6. The summed E-state index contributed by atoms with van der Waals surface area (Å²) in [6, 6.07) is 33.8. The number of aromatic carboxylic acids is 1. The van der Waals surface area contributed by atoms with Crippen LogP contribution in [0.5, 0.6) is 5.75 Å². The summed E-state index contributed by atoms with van der Waals surface area (Å²) in [4.78, 5) is 20.5. The van der Waals surface area contributed by atoms with Gasteiger partial charge in [0, 0.05) is 29.2 Å². The van der Waals surface area contributed by atoms with E-state index in [-0.39, 0.29) is 12.2 Å². The van der Waals surface area contributed by atoms with Crippen LogP contribution in [0, 0.1) is 11.3 Å². The lowest BCUT2D eigenvalue weighted by molar-refractivity contribution is 0.0697. The molecule has 0 radical (unpaired) electrons. The number of nitrogens with one attached hydrogen (secondary N) is 1. The molecule has 0 saturated carbocycles. The van der Waals surface area contributed by atoms with Gasteiger partial charge in [0.1, 0.15) is 41.3 Å². The van der Waals surface area contributed by atoms with Gasteiger partial charge in [-0.05, 0) is 78.4 Å². The molecule has 0 atom stereocenters. The van der Waals surface area contributed by atoms with Gasteiger partial charge in [-0.1, -0.05) is 35.5 Å². The van der Waals surface area contributed by atoms with Gasteiger partial charge in [-0.3, -0.25) is 9.38 Å². The van der Waals surface area contributed by atoms with Crippen molar-refractivity contribution < 1.29 is 14.6 Å². The molecule has 0 amide bonds. The average molecular weight is 619 g/mol. The first-order valence-corrected chi connectivity index (χ1v) is 14.7. The molecule has 4 aromatic heterocycles. The molecule has 2 N–H and O–H groups in total. The number of imidazole rings is 1. The highest BCUT2D eigenvalue weighted by Crippen LogP contribution is 2.32. The van der Waals surface area contributed by atoms with Crippen LogP contribution in [0.1, 0.15) is 27.2 Å². The van der Waals surface area contributed by atoms with Crippen molar-refractivity contribution in [1.82, 2.24) is 29.4 Å². The van der Waals surface area contributed by atoms with Crippen LogP contribution in [0.3, 0.4) is 0 Å². The lowest BCUT2D eigenvalue weighted by atomic mass is 10.1. The number of carboxylic acid groups (broad SMARTS) is 1. The summed E-state index contributed by atoms with van der Waals surface area (Å²) in [5, 5.41) is 30.1. The maximum atomic E-state index is 11.3. The Hall–Kier alpha value is -6.80. The maximum absolute atomic E-state index is 11.3. The molecule has 7 rings (SSSR count). The summed E-state index contributed by atoms with van der Waals surface area (Å²) in [5.74, 6) is 0.466. The molecule has 0 fully saturated rings. The highest BCUT2D eigenvalue weighted by atomic mass is 16.5. The van der Waals surface area contributed by atoms with Crippen molar-refractivity contribution in [3.8, 4) is 34.3 Å². The Balaban J connectivity index is 1.00. The summed E-state index contributed by atoms with van der Waals surface area (Å²) in [7, 11) is 0. The lowest BCUT2D eigenvalue weighted by Gasteiger charge is -2.10. The molecule has 11 heteroatoms. The fraction of sp³-hybridized carbons (Fsp3) is 0.0556. The van der Waals surface area contributed by atoms with E-state index < -0.39 is 5.97 Å². The van der Waals surface area contributed by atoms with Crippen LogP contribution in [0.15, 0.2) is 122 Å². The van der Waals surface area contributed by atoms with Gasteiger partial charge in [0.25, 0.3) is 0 Å². The van der Waals surface area contributed by atoms with Crippen molar-refractivity contribution in [1.29, 1.82) is 5.26 Å². The monoisotopic (exact) mass is 618 g/mol. The minimum absolute atomic E-state index is 0.219. The van der Waals surface area contributed by atoms with E-state index in [4.69, 9.17) is 15.0 Å². The number of anilines is 2. The molecule has 11 nitrogen and oxygen atoms in total. The smallest absolute Gasteiger partial charge is 0.335 e. The van der Waals surface area contributed by atoms with Crippen molar-refractivity contribution in [3.63, 3.8) is 0 Å². The third-order valence-corrected chi connectivity index (χ3v) is 7.51. The molecule has 228 valence electrons. The molecule has 0 spiro atoms. The number of nitrogens with zero attached hydrogens (tertiary/aromatic N) is 7. The number of benzene rings is 3. The Labute approximate surface area is 269 Å². The molecular formula is C36H26N8O3. The number of pyridine rings is 2. The average Bonchev–Trinajstić information content (AvgIpc) is 3.72. The topological polar surface area (TPSA) is 143 Å². The molecule has 0 aliphatic carbocycles. The molecule has 0 unspecified atom stereocenters. The number of fused-ring (bicyclic) bond motifs is 1. The van der Waals surface area contributed by atoms with Gasteiger partial charge < -0.3 is 15.2 Å². The van der Waals surface area contributed by atoms with E-state index in [1.54, 1.807) is 41.2 Å². The van der Waals surface area contributed by atoms with Crippen LogP contribution in [-0.2, 0) is 13.2 Å². The van der Waals surface area contributed by atoms with Crippen LogP contribution >= 0.6 is 0 Å². The van der Waals surface area contributed by atoms with Crippen LogP contribution < -0.4 is 10.1 Å². The van der Waals surface area contributed by atoms with E-state index in [0.717, 1.165) is 45.2 Å². The second kappa shape index (κ2) is 12.7. The Morgan fingerprint density at radius 3 is 2.43 bits per heavy atom. The van der Waals surface area contributed by atoms with Gasteiger partial charge in [0.2, 0.25) is 0 Å². The Kier molecular flexibility index (Phi) is 7.80. The zero-order valence-electron chi connectivity index (χ0n) is 24.9. The molecule has 0 aliphatic heterocycles. The van der Waals surface area contributed by atoms with E-state index in [1.807, 2.05) is 89.6 Å². The molecule has 7 aromatic rings. The zero-order chi connectivity index (χ0) is 32.2. The lowest BCUT2D eigenvalue weighted by Crippen LogP contribution is -2.00. The first-order valence-electron chi connectivity index (χ1n) is 14.7. The fourth-order valence-corrected chi connectivity index (χ4v) is 5.10. The number of carboxylic acids is 1. The number of ether oxygens (including phenoxy) is 1. The summed E-state index contributed by atoms with van der Waals surface area (Å²) >= 11 is 0. The highest BCUT2D eigenvalue weighted by molar-refractivity contribution is 5.88. The van der Waals surface area contributed by atoms with E-state index >= 15 is 0 Å². The van der Waals surface area contributed by atoms with Crippen molar-refractivity contribution in [2.24, 2.45) is 0 Å². The second-order valence-electron chi connectivity index (χ2n) is 10.7. The number of rotatable bonds is 10. The Morgan fingerprint density at radius 1 is 0.915 bits per heavy atom. The molecule has 0 aliphatic rings. The molecule has 0 bridgehead atoms. The third kappa shape index (κ3) is 6.38.